The summed E-state index contributed by atoms with van der Waals surface area (Å²) in [6.07, 6.45) is 3.32. The normalized spacial score (nSPS) is 27.4. The summed E-state index contributed by atoms with van der Waals surface area (Å²) in [5.41, 5.74) is 6.85. The number of esters is 1. The molecule has 1 aliphatic rings. The van der Waals surface area contributed by atoms with Gasteiger partial charge in [0, 0.05) is 0 Å². The highest BCUT2D eigenvalue weighted by Crippen LogP contribution is 2.35. The summed E-state index contributed by atoms with van der Waals surface area (Å²) in [6, 6.07) is 8.75. The molecule has 3 nitrogen and oxygen atoms in total. The quantitative estimate of drug-likeness (QED) is 0.860. The smallest absolute Gasteiger partial charge is 0.327 e. The van der Waals surface area contributed by atoms with Crippen molar-refractivity contribution in [3.05, 3.63) is 35.9 Å². The van der Waals surface area contributed by atoms with Crippen molar-refractivity contribution in [1.29, 1.82) is 0 Å². The lowest BCUT2D eigenvalue weighted by atomic mass is 9.75. The molecule has 0 saturated heterocycles. The Labute approximate surface area is 127 Å². The molecule has 3 unspecified atom stereocenters. The van der Waals surface area contributed by atoms with E-state index in [1.54, 1.807) is 0 Å². The Bertz CT molecular complexity index is 458. The van der Waals surface area contributed by atoms with E-state index in [9.17, 15) is 4.79 Å². The number of ether oxygens (including phenoxy) is 1. The van der Waals surface area contributed by atoms with Gasteiger partial charge >= 0.3 is 5.97 Å². The second-order valence-corrected chi connectivity index (χ2v) is 6.69. The maximum Gasteiger partial charge on any atom is 0.327 e. The van der Waals surface area contributed by atoms with E-state index in [0.717, 1.165) is 18.4 Å². The maximum absolute atomic E-state index is 12.3. The molecule has 1 saturated carbocycles. The standard InChI is InChI=1S/C18H27NO2/c1-12(2)15-10-9-13(3)11-16(15)21-18(20)17(19)14-7-5-4-6-8-14/h4-8,12-13,15-17H,9-11,19H2,1-3H3/t13?,15?,16?,17-/m0/s1. The highest BCUT2D eigenvalue weighted by Gasteiger charge is 2.34. The number of benzene rings is 1. The Kier molecular flexibility index (Phi) is 5.40. The first kappa shape index (κ1) is 16.0. The van der Waals surface area contributed by atoms with Crippen molar-refractivity contribution in [2.24, 2.45) is 23.5 Å². The highest BCUT2D eigenvalue weighted by atomic mass is 16.5. The van der Waals surface area contributed by atoms with E-state index < -0.39 is 6.04 Å². The van der Waals surface area contributed by atoms with Crippen LogP contribution < -0.4 is 5.73 Å². The zero-order chi connectivity index (χ0) is 15.4. The van der Waals surface area contributed by atoms with Crippen LogP contribution in [0.5, 0.6) is 0 Å². The lowest BCUT2D eigenvalue weighted by molar-refractivity contribution is -0.157. The number of carbonyl (C=O) groups is 1. The largest absolute Gasteiger partial charge is 0.461 e. The Morgan fingerprint density at radius 2 is 1.90 bits per heavy atom. The van der Waals surface area contributed by atoms with E-state index in [1.807, 2.05) is 30.3 Å². The summed E-state index contributed by atoms with van der Waals surface area (Å²) in [6.45, 7) is 6.64. The van der Waals surface area contributed by atoms with Crippen molar-refractivity contribution >= 4 is 5.97 Å². The fraction of sp³-hybridized carbons (Fsp3) is 0.611. The Morgan fingerprint density at radius 3 is 2.52 bits per heavy atom. The van der Waals surface area contributed by atoms with Gasteiger partial charge in [0.2, 0.25) is 0 Å². The second kappa shape index (κ2) is 7.08. The summed E-state index contributed by atoms with van der Waals surface area (Å²) in [7, 11) is 0. The summed E-state index contributed by atoms with van der Waals surface area (Å²) >= 11 is 0. The van der Waals surface area contributed by atoms with Gasteiger partial charge in [-0.25, -0.2) is 4.79 Å². The van der Waals surface area contributed by atoms with Crippen molar-refractivity contribution in [3.63, 3.8) is 0 Å². The topological polar surface area (TPSA) is 52.3 Å². The van der Waals surface area contributed by atoms with Gasteiger partial charge in [0.1, 0.15) is 12.1 Å². The predicted octanol–water partition coefficient (Wildman–Crippen LogP) is 3.69. The van der Waals surface area contributed by atoms with Crippen LogP contribution in [0.1, 0.15) is 51.6 Å². The minimum absolute atomic E-state index is 0.0102. The van der Waals surface area contributed by atoms with Gasteiger partial charge in [0.15, 0.2) is 0 Å². The first-order valence-electron chi connectivity index (χ1n) is 8.00. The van der Waals surface area contributed by atoms with Crippen molar-refractivity contribution in [2.45, 2.75) is 52.2 Å². The van der Waals surface area contributed by atoms with Crippen molar-refractivity contribution in [3.8, 4) is 0 Å². The molecule has 116 valence electrons. The van der Waals surface area contributed by atoms with Gasteiger partial charge in [-0.1, -0.05) is 57.5 Å². The number of nitrogens with two attached hydrogens (primary N) is 1. The lowest BCUT2D eigenvalue weighted by Gasteiger charge is -2.37. The first-order chi connectivity index (χ1) is 9.99. The average molecular weight is 289 g/mol. The SMILES string of the molecule is CC1CCC(C(C)C)C(OC(=O)[C@@H](N)c2ccccc2)C1. The molecule has 0 bridgehead atoms. The Morgan fingerprint density at radius 1 is 1.24 bits per heavy atom. The zero-order valence-corrected chi connectivity index (χ0v) is 13.3. The molecule has 3 heteroatoms. The molecular weight excluding hydrogens is 262 g/mol. The number of hydrogen-bond donors (Lipinski definition) is 1. The van der Waals surface area contributed by atoms with Crippen LogP contribution in [0.25, 0.3) is 0 Å². The van der Waals surface area contributed by atoms with Crippen LogP contribution in [0.4, 0.5) is 0 Å². The molecule has 4 atom stereocenters. The van der Waals surface area contributed by atoms with Gasteiger partial charge in [0.25, 0.3) is 0 Å². The van der Waals surface area contributed by atoms with Crippen LogP contribution in [-0.4, -0.2) is 12.1 Å². The van der Waals surface area contributed by atoms with Gasteiger partial charge < -0.3 is 10.5 Å². The molecule has 21 heavy (non-hydrogen) atoms. The van der Waals surface area contributed by atoms with Gasteiger partial charge in [-0.2, -0.15) is 0 Å². The molecule has 0 heterocycles. The van der Waals surface area contributed by atoms with E-state index >= 15 is 0 Å². The zero-order valence-electron chi connectivity index (χ0n) is 13.3. The number of hydrogen-bond acceptors (Lipinski definition) is 3. The van der Waals surface area contributed by atoms with Crippen LogP contribution in [0.3, 0.4) is 0 Å². The molecule has 1 aliphatic carbocycles. The minimum Gasteiger partial charge on any atom is -0.461 e. The number of rotatable bonds is 4. The first-order valence-corrected chi connectivity index (χ1v) is 8.00. The molecule has 0 aliphatic heterocycles. The fourth-order valence-electron chi connectivity index (χ4n) is 3.27. The van der Waals surface area contributed by atoms with Gasteiger partial charge in [0.05, 0.1) is 0 Å². The van der Waals surface area contributed by atoms with Crippen LogP contribution >= 0.6 is 0 Å². The van der Waals surface area contributed by atoms with Gasteiger partial charge in [-0.15, -0.1) is 0 Å². The van der Waals surface area contributed by atoms with E-state index in [0.29, 0.717) is 17.8 Å². The summed E-state index contributed by atoms with van der Waals surface area (Å²) < 4.78 is 5.79. The van der Waals surface area contributed by atoms with Crippen molar-refractivity contribution < 1.29 is 9.53 Å². The van der Waals surface area contributed by atoms with Gasteiger partial charge in [-0.3, -0.25) is 0 Å². The molecule has 2 rings (SSSR count). The third kappa shape index (κ3) is 4.07. The highest BCUT2D eigenvalue weighted by molar-refractivity contribution is 5.77. The number of carbonyl (C=O) groups excluding carboxylic acids is 1. The summed E-state index contributed by atoms with van der Waals surface area (Å²) in [5, 5.41) is 0. The third-order valence-corrected chi connectivity index (χ3v) is 4.64. The molecule has 0 spiro atoms. The van der Waals surface area contributed by atoms with E-state index in [1.165, 1.54) is 6.42 Å². The molecule has 0 amide bonds. The van der Waals surface area contributed by atoms with Gasteiger partial charge in [-0.05, 0) is 36.2 Å². The van der Waals surface area contributed by atoms with Crippen LogP contribution in [0.2, 0.25) is 0 Å². The maximum atomic E-state index is 12.3. The summed E-state index contributed by atoms with van der Waals surface area (Å²) in [5.74, 6) is 1.30. The summed E-state index contributed by atoms with van der Waals surface area (Å²) in [4.78, 5) is 12.3. The van der Waals surface area contributed by atoms with Crippen molar-refractivity contribution in [1.82, 2.24) is 0 Å². The molecule has 1 aromatic carbocycles. The molecule has 0 radical (unpaired) electrons. The minimum atomic E-state index is -0.684. The predicted molar refractivity (Wildman–Crippen MR) is 84.6 cm³/mol. The third-order valence-electron chi connectivity index (χ3n) is 4.64. The van der Waals surface area contributed by atoms with E-state index in [-0.39, 0.29) is 12.1 Å². The molecular formula is C18H27NO2. The Hall–Kier alpha value is -1.35. The van der Waals surface area contributed by atoms with Crippen LogP contribution in [0.15, 0.2) is 30.3 Å². The average Bonchev–Trinajstić information content (AvgIpc) is 2.47. The van der Waals surface area contributed by atoms with Crippen molar-refractivity contribution in [2.75, 3.05) is 0 Å². The Balaban J connectivity index is 2.02. The van der Waals surface area contributed by atoms with Crippen LogP contribution in [0, 0.1) is 17.8 Å². The van der Waals surface area contributed by atoms with E-state index in [4.69, 9.17) is 10.5 Å². The van der Waals surface area contributed by atoms with Crippen LogP contribution in [-0.2, 0) is 9.53 Å². The molecule has 0 aromatic heterocycles. The monoisotopic (exact) mass is 289 g/mol. The fourth-order valence-corrected chi connectivity index (χ4v) is 3.27. The lowest BCUT2D eigenvalue weighted by Crippen LogP contribution is -2.38. The second-order valence-electron chi connectivity index (χ2n) is 6.69. The molecule has 1 fully saturated rings. The van der Waals surface area contributed by atoms with E-state index in [2.05, 4.69) is 20.8 Å². The molecule has 2 N–H and O–H groups in total. The molecule has 1 aromatic rings.